The van der Waals surface area contributed by atoms with Gasteiger partial charge < -0.3 is 20.9 Å². The molecule has 4 N–H and O–H groups in total. The summed E-state index contributed by atoms with van der Waals surface area (Å²) in [4.78, 5) is 25.4. The summed E-state index contributed by atoms with van der Waals surface area (Å²) in [6.45, 7) is 0.629. The number of anilines is 2. The maximum atomic E-state index is 12.7. The zero-order valence-corrected chi connectivity index (χ0v) is 12.6. The minimum atomic E-state index is -0.323. The average Bonchev–Trinajstić information content (AvgIpc) is 2.55. The van der Waals surface area contributed by atoms with Crippen molar-refractivity contribution in [3.8, 4) is 5.75 Å². The first-order chi connectivity index (χ1) is 11.1. The van der Waals surface area contributed by atoms with E-state index in [0.717, 1.165) is 0 Å². The summed E-state index contributed by atoms with van der Waals surface area (Å²) in [5.41, 5.74) is 13.3. The number of carbonyl (C=O) groups excluding carboxylic acids is 2. The molecule has 0 aliphatic heterocycles. The standard InChI is InChI=1S/C17H16N2O4/c1-22-6-7-23-12-8-11(18)13-14(15(12)19)17(21)10-5-3-2-4-9(10)16(13)20/h2-5,8H,6-7,18-19H2,1H3. The summed E-state index contributed by atoms with van der Waals surface area (Å²) in [7, 11) is 1.55. The van der Waals surface area contributed by atoms with Crippen molar-refractivity contribution in [3.05, 3.63) is 52.6 Å². The molecule has 0 amide bonds. The van der Waals surface area contributed by atoms with Crippen molar-refractivity contribution < 1.29 is 19.1 Å². The molecule has 6 heteroatoms. The van der Waals surface area contributed by atoms with Crippen molar-refractivity contribution in [2.45, 2.75) is 0 Å². The van der Waals surface area contributed by atoms with Crippen LogP contribution in [0.15, 0.2) is 30.3 Å². The van der Waals surface area contributed by atoms with Crippen LogP contribution in [0.5, 0.6) is 5.75 Å². The van der Waals surface area contributed by atoms with E-state index < -0.39 is 0 Å². The van der Waals surface area contributed by atoms with Crippen LogP contribution in [0.2, 0.25) is 0 Å². The molecule has 0 heterocycles. The lowest BCUT2D eigenvalue weighted by molar-refractivity contribution is 0.0980. The predicted octanol–water partition coefficient (Wildman–Crippen LogP) is 1.65. The normalized spacial score (nSPS) is 12.7. The van der Waals surface area contributed by atoms with E-state index in [1.54, 1.807) is 31.4 Å². The highest BCUT2D eigenvalue weighted by Gasteiger charge is 2.34. The van der Waals surface area contributed by atoms with Gasteiger partial charge >= 0.3 is 0 Å². The lowest BCUT2D eigenvalue weighted by atomic mass is 9.82. The second-order valence-corrected chi connectivity index (χ2v) is 5.17. The first-order valence-corrected chi connectivity index (χ1v) is 7.08. The molecule has 2 aromatic carbocycles. The largest absolute Gasteiger partial charge is 0.489 e. The maximum Gasteiger partial charge on any atom is 0.196 e. The molecule has 0 fully saturated rings. The second kappa shape index (κ2) is 5.73. The van der Waals surface area contributed by atoms with Gasteiger partial charge in [0.1, 0.15) is 12.4 Å². The Bertz CT molecular complexity index is 814. The molecule has 0 radical (unpaired) electrons. The molecular formula is C17H16N2O4. The molecule has 0 atom stereocenters. The van der Waals surface area contributed by atoms with E-state index in [4.69, 9.17) is 20.9 Å². The summed E-state index contributed by atoms with van der Waals surface area (Å²) in [6.07, 6.45) is 0. The number of hydrogen-bond donors (Lipinski definition) is 2. The smallest absolute Gasteiger partial charge is 0.196 e. The molecule has 0 aromatic heterocycles. The quantitative estimate of drug-likeness (QED) is 0.560. The van der Waals surface area contributed by atoms with Crippen molar-refractivity contribution >= 4 is 22.9 Å². The zero-order valence-electron chi connectivity index (χ0n) is 12.6. The number of carbonyl (C=O) groups is 2. The molecule has 1 aliphatic carbocycles. The fraction of sp³-hybridized carbons (Fsp3) is 0.176. The Morgan fingerprint density at radius 1 is 0.957 bits per heavy atom. The molecule has 2 aromatic rings. The predicted molar refractivity (Wildman–Crippen MR) is 85.9 cm³/mol. The van der Waals surface area contributed by atoms with E-state index in [1.165, 1.54) is 6.07 Å². The maximum absolute atomic E-state index is 12.7. The molecule has 0 saturated carbocycles. The number of ether oxygens (including phenoxy) is 2. The Balaban J connectivity index is 2.15. The molecule has 0 unspecified atom stereocenters. The lowest BCUT2D eigenvalue weighted by Gasteiger charge is -2.22. The van der Waals surface area contributed by atoms with Crippen molar-refractivity contribution in [2.75, 3.05) is 31.8 Å². The number of fused-ring (bicyclic) bond motifs is 2. The number of hydrogen-bond acceptors (Lipinski definition) is 6. The molecule has 0 bridgehead atoms. The molecule has 0 saturated heterocycles. The van der Waals surface area contributed by atoms with Crippen molar-refractivity contribution in [1.82, 2.24) is 0 Å². The van der Waals surface area contributed by atoms with Gasteiger partial charge in [-0.15, -0.1) is 0 Å². The fourth-order valence-electron chi connectivity index (χ4n) is 2.68. The van der Waals surface area contributed by atoms with Crippen LogP contribution in [0.3, 0.4) is 0 Å². The van der Waals surface area contributed by atoms with Crippen LogP contribution in [0.1, 0.15) is 31.8 Å². The van der Waals surface area contributed by atoms with Gasteiger partial charge in [-0.3, -0.25) is 9.59 Å². The first-order valence-electron chi connectivity index (χ1n) is 7.08. The fourth-order valence-corrected chi connectivity index (χ4v) is 2.68. The summed E-state index contributed by atoms with van der Waals surface area (Å²) in [5, 5.41) is 0. The van der Waals surface area contributed by atoms with Crippen LogP contribution in [-0.4, -0.2) is 31.9 Å². The van der Waals surface area contributed by atoms with Gasteiger partial charge in [-0.2, -0.15) is 0 Å². The van der Waals surface area contributed by atoms with Gasteiger partial charge in [0, 0.05) is 30.0 Å². The first kappa shape index (κ1) is 15.1. The van der Waals surface area contributed by atoms with Gasteiger partial charge in [-0.25, -0.2) is 0 Å². The SMILES string of the molecule is COCCOc1cc(N)c2c(c1N)C(=O)c1ccccc1C2=O. The van der Waals surface area contributed by atoms with Gasteiger partial charge in [0.25, 0.3) is 0 Å². The Labute approximate surface area is 133 Å². The lowest BCUT2D eigenvalue weighted by Crippen LogP contribution is -2.24. The number of nitrogens with two attached hydrogens (primary N) is 2. The van der Waals surface area contributed by atoms with Crippen molar-refractivity contribution in [1.29, 1.82) is 0 Å². The van der Waals surface area contributed by atoms with E-state index in [9.17, 15) is 9.59 Å². The average molecular weight is 312 g/mol. The number of benzene rings is 2. The molecular weight excluding hydrogens is 296 g/mol. The van der Waals surface area contributed by atoms with Crippen LogP contribution >= 0.6 is 0 Å². The van der Waals surface area contributed by atoms with E-state index in [1.807, 2.05) is 0 Å². The third-order valence-electron chi connectivity index (χ3n) is 3.78. The van der Waals surface area contributed by atoms with Crippen LogP contribution in [0.4, 0.5) is 11.4 Å². The number of methoxy groups -OCH3 is 1. The molecule has 3 rings (SSSR count). The topological polar surface area (TPSA) is 105 Å². The molecule has 1 aliphatic rings. The molecule has 6 nitrogen and oxygen atoms in total. The van der Waals surface area contributed by atoms with Crippen LogP contribution in [0.25, 0.3) is 0 Å². The summed E-state index contributed by atoms with van der Waals surface area (Å²) in [5.74, 6) is -0.349. The van der Waals surface area contributed by atoms with Crippen LogP contribution in [-0.2, 0) is 4.74 Å². The number of nitrogen functional groups attached to an aromatic ring is 2. The monoisotopic (exact) mass is 312 g/mol. The van der Waals surface area contributed by atoms with Gasteiger partial charge in [0.2, 0.25) is 0 Å². The Kier molecular flexibility index (Phi) is 3.75. The zero-order chi connectivity index (χ0) is 16.6. The second-order valence-electron chi connectivity index (χ2n) is 5.17. The summed E-state index contributed by atoms with van der Waals surface area (Å²) >= 11 is 0. The van der Waals surface area contributed by atoms with E-state index in [0.29, 0.717) is 17.7 Å². The van der Waals surface area contributed by atoms with Gasteiger partial charge in [0.05, 0.1) is 23.4 Å². The van der Waals surface area contributed by atoms with Gasteiger partial charge in [0.15, 0.2) is 11.6 Å². The Hall–Kier alpha value is -2.86. The third-order valence-corrected chi connectivity index (χ3v) is 3.78. The Morgan fingerprint density at radius 2 is 1.57 bits per heavy atom. The van der Waals surface area contributed by atoms with Crippen molar-refractivity contribution in [2.24, 2.45) is 0 Å². The van der Waals surface area contributed by atoms with Crippen molar-refractivity contribution in [3.63, 3.8) is 0 Å². The number of rotatable bonds is 4. The number of ketones is 2. The van der Waals surface area contributed by atoms with Crippen LogP contribution < -0.4 is 16.2 Å². The summed E-state index contributed by atoms with van der Waals surface area (Å²) in [6, 6.07) is 8.09. The highest BCUT2D eigenvalue weighted by atomic mass is 16.5. The molecule has 118 valence electrons. The van der Waals surface area contributed by atoms with E-state index in [2.05, 4.69) is 0 Å². The minimum Gasteiger partial charge on any atom is -0.489 e. The van der Waals surface area contributed by atoms with Crippen LogP contribution in [0, 0.1) is 0 Å². The molecule has 0 spiro atoms. The minimum absolute atomic E-state index is 0.112. The Morgan fingerprint density at radius 3 is 2.17 bits per heavy atom. The highest BCUT2D eigenvalue weighted by Crippen LogP contribution is 2.39. The highest BCUT2D eigenvalue weighted by molar-refractivity contribution is 6.32. The van der Waals surface area contributed by atoms with Gasteiger partial charge in [-0.05, 0) is 0 Å². The third kappa shape index (κ3) is 2.33. The van der Waals surface area contributed by atoms with Gasteiger partial charge in [-0.1, -0.05) is 24.3 Å². The van der Waals surface area contributed by atoms with E-state index >= 15 is 0 Å². The molecule has 23 heavy (non-hydrogen) atoms. The summed E-state index contributed by atoms with van der Waals surface area (Å²) < 4.78 is 10.4. The van der Waals surface area contributed by atoms with E-state index in [-0.39, 0.29) is 46.4 Å².